The molecule has 1 unspecified atom stereocenters. The maximum Gasteiger partial charge on any atom is 0.270 e. The molecule has 1 heterocycles. The highest BCUT2D eigenvalue weighted by molar-refractivity contribution is 6.42. The van der Waals surface area contributed by atoms with Crippen LogP contribution >= 0.6 is 23.2 Å². The molecule has 0 aliphatic carbocycles. The molecule has 0 bridgehead atoms. The molecule has 186 valence electrons. The zero-order chi connectivity index (χ0) is 25.5. The van der Waals surface area contributed by atoms with Crippen molar-refractivity contribution in [2.24, 2.45) is 11.0 Å². The van der Waals surface area contributed by atoms with Gasteiger partial charge in [-0.3, -0.25) is 19.7 Å². The van der Waals surface area contributed by atoms with Gasteiger partial charge in [0.2, 0.25) is 0 Å². The first kappa shape index (κ1) is 26.4. The lowest BCUT2D eigenvalue weighted by Gasteiger charge is -2.29. The highest BCUT2D eigenvalue weighted by Gasteiger charge is 2.25. The molecular weight excluding hydrogens is 493 g/mol. The van der Waals surface area contributed by atoms with Gasteiger partial charge in [0, 0.05) is 42.0 Å². The molecule has 0 saturated carbocycles. The number of piperidine rings is 1. The Morgan fingerprint density at radius 1 is 1.09 bits per heavy atom. The molecule has 2 N–H and O–H groups in total. The first-order valence-corrected chi connectivity index (χ1v) is 12.0. The standard InChI is InChI=1S/C24H27Cl2N5O4/c1-15(2)22(28-23(32)16-6-8-19(25)20(26)13-16)24(33)29-27-14-17-12-18(31(34)35)7-9-21(17)30-10-4-3-5-11-30/h6-9,12-15,22H,3-5,10-11H2,1-2H3,(H,28,32)(H,29,33). The van der Waals surface area contributed by atoms with Crippen LogP contribution < -0.4 is 15.6 Å². The average Bonchev–Trinajstić information content (AvgIpc) is 2.84. The second kappa shape index (κ2) is 12.0. The third-order valence-corrected chi connectivity index (χ3v) is 6.45. The number of nitro benzene ring substituents is 1. The van der Waals surface area contributed by atoms with Crippen molar-refractivity contribution < 1.29 is 14.5 Å². The van der Waals surface area contributed by atoms with Crippen LogP contribution in [0.2, 0.25) is 10.0 Å². The van der Waals surface area contributed by atoms with Crippen LogP contribution in [0.25, 0.3) is 0 Å². The molecular formula is C24H27Cl2N5O4. The minimum atomic E-state index is -0.874. The summed E-state index contributed by atoms with van der Waals surface area (Å²) in [5.41, 5.74) is 4.01. The third kappa shape index (κ3) is 6.93. The smallest absolute Gasteiger partial charge is 0.270 e. The summed E-state index contributed by atoms with van der Waals surface area (Å²) in [6.07, 6.45) is 4.62. The Balaban J connectivity index is 1.74. The van der Waals surface area contributed by atoms with Gasteiger partial charge in [-0.15, -0.1) is 0 Å². The van der Waals surface area contributed by atoms with Crippen LogP contribution in [0.4, 0.5) is 11.4 Å². The van der Waals surface area contributed by atoms with Crippen molar-refractivity contribution in [3.8, 4) is 0 Å². The third-order valence-electron chi connectivity index (χ3n) is 5.71. The van der Waals surface area contributed by atoms with Crippen LogP contribution in [-0.4, -0.2) is 42.1 Å². The number of carbonyl (C=O) groups is 2. The number of nitrogens with zero attached hydrogens (tertiary/aromatic N) is 3. The summed E-state index contributed by atoms with van der Waals surface area (Å²) in [6, 6.07) is 8.19. The first-order valence-electron chi connectivity index (χ1n) is 11.3. The Morgan fingerprint density at radius 3 is 2.43 bits per heavy atom. The normalized spacial score (nSPS) is 14.7. The molecule has 1 aliphatic rings. The number of hydrogen-bond donors (Lipinski definition) is 2. The van der Waals surface area contributed by atoms with Crippen molar-refractivity contribution >= 4 is 52.6 Å². The average molecular weight is 520 g/mol. The van der Waals surface area contributed by atoms with E-state index in [1.54, 1.807) is 19.9 Å². The molecule has 2 aromatic rings. The van der Waals surface area contributed by atoms with Gasteiger partial charge < -0.3 is 10.2 Å². The molecule has 1 aliphatic heterocycles. The second-order valence-electron chi connectivity index (χ2n) is 8.61. The SMILES string of the molecule is CC(C)C(NC(=O)c1ccc(Cl)c(Cl)c1)C(=O)NN=Cc1cc([N+](=O)[O-])ccc1N1CCCCC1. The quantitative estimate of drug-likeness (QED) is 0.295. The van der Waals surface area contributed by atoms with E-state index in [0.29, 0.717) is 10.6 Å². The lowest BCUT2D eigenvalue weighted by molar-refractivity contribution is -0.384. The summed E-state index contributed by atoms with van der Waals surface area (Å²) in [7, 11) is 0. The Morgan fingerprint density at radius 2 is 1.80 bits per heavy atom. The maximum atomic E-state index is 12.8. The number of hydrogen-bond acceptors (Lipinski definition) is 6. The van der Waals surface area contributed by atoms with E-state index >= 15 is 0 Å². The largest absolute Gasteiger partial charge is 0.371 e. The first-order chi connectivity index (χ1) is 16.7. The fraction of sp³-hybridized carbons (Fsp3) is 0.375. The van der Waals surface area contributed by atoms with Gasteiger partial charge in [0.05, 0.1) is 21.2 Å². The Bertz CT molecular complexity index is 1130. The fourth-order valence-electron chi connectivity index (χ4n) is 3.81. The lowest BCUT2D eigenvalue weighted by Crippen LogP contribution is -2.48. The van der Waals surface area contributed by atoms with Crippen LogP contribution in [0, 0.1) is 16.0 Å². The van der Waals surface area contributed by atoms with E-state index in [-0.39, 0.29) is 22.2 Å². The topological polar surface area (TPSA) is 117 Å². The van der Waals surface area contributed by atoms with Gasteiger partial charge in [-0.2, -0.15) is 5.10 Å². The van der Waals surface area contributed by atoms with E-state index in [4.69, 9.17) is 23.2 Å². The van der Waals surface area contributed by atoms with Gasteiger partial charge in [-0.25, -0.2) is 5.43 Å². The van der Waals surface area contributed by atoms with Crippen molar-refractivity contribution in [3.63, 3.8) is 0 Å². The summed E-state index contributed by atoms with van der Waals surface area (Å²) in [5.74, 6) is -1.24. The highest BCUT2D eigenvalue weighted by atomic mass is 35.5. The molecule has 0 spiro atoms. The number of amides is 2. The molecule has 2 amide bonds. The molecule has 2 aromatic carbocycles. The van der Waals surface area contributed by atoms with E-state index in [2.05, 4.69) is 20.7 Å². The summed E-state index contributed by atoms with van der Waals surface area (Å²) >= 11 is 11.9. The molecule has 11 heteroatoms. The van der Waals surface area contributed by atoms with Crippen molar-refractivity contribution in [1.82, 2.24) is 10.7 Å². The van der Waals surface area contributed by atoms with E-state index in [1.165, 1.54) is 36.5 Å². The van der Waals surface area contributed by atoms with Gasteiger partial charge >= 0.3 is 0 Å². The Kier molecular flexibility index (Phi) is 9.06. The molecule has 9 nitrogen and oxygen atoms in total. The molecule has 1 saturated heterocycles. The molecule has 0 radical (unpaired) electrons. The summed E-state index contributed by atoms with van der Waals surface area (Å²) in [6.45, 7) is 5.28. The number of halogens is 2. The van der Waals surface area contributed by atoms with Crippen LogP contribution in [0.15, 0.2) is 41.5 Å². The number of non-ortho nitro benzene ring substituents is 1. The predicted molar refractivity (Wildman–Crippen MR) is 137 cm³/mol. The van der Waals surface area contributed by atoms with Gasteiger partial charge in [0.25, 0.3) is 17.5 Å². The zero-order valence-corrected chi connectivity index (χ0v) is 21.0. The number of benzene rings is 2. The lowest BCUT2D eigenvalue weighted by atomic mass is 10.0. The Hall–Kier alpha value is -3.17. The maximum absolute atomic E-state index is 12.8. The zero-order valence-electron chi connectivity index (χ0n) is 19.5. The second-order valence-corrected chi connectivity index (χ2v) is 9.42. The van der Waals surface area contributed by atoms with Gasteiger partial charge in [0.15, 0.2) is 0 Å². The minimum absolute atomic E-state index is 0.0625. The Labute approximate surface area is 213 Å². The number of hydrazone groups is 1. The molecule has 1 atom stereocenters. The number of nitrogens with one attached hydrogen (secondary N) is 2. The van der Waals surface area contributed by atoms with Crippen molar-refractivity contribution in [2.45, 2.75) is 39.2 Å². The number of anilines is 1. The molecule has 3 rings (SSSR count). The minimum Gasteiger partial charge on any atom is -0.371 e. The van der Waals surface area contributed by atoms with Crippen molar-refractivity contribution in [1.29, 1.82) is 0 Å². The molecule has 35 heavy (non-hydrogen) atoms. The molecule has 1 fully saturated rings. The predicted octanol–water partition coefficient (Wildman–Crippen LogP) is 4.80. The van der Waals surface area contributed by atoms with Gasteiger partial charge in [-0.05, 0) is 49.4 Å². The summed E-state index contributed by atoms with van der Waals surface area (Å²) < 4.78 is 0. The van der Waals surface area contributed by atoms with E-state index < -0.39 is 22.8 Å². The summed E-state index contributed by atoms with van der Waals surface area (Å²) in [4.78, 5) is 38.4. The van der Waals surface area contributed by atoms with E-state index in [9.17, 15) is 19.7 Å². The van der Waals surface area contributed by atoms with Crippen molar-refractivity contribution in [3.05, 3.63) is 67.7 Å². The molecule has 0 aromatic heterocycles. The van der Waals surface area contributed by atoms with Crippen LogP contribution in [0.3, 0.4) is 0 Å². The highest BCUT2D eigenvalue weighted by Crippen LogP contribution is 2.27. The summed E-state index contributed by atoms with van der Waals surface area (Å²) in [5, 5.41) is 18.6. The fourth-order valence-corrected chi connectivity index (χ4v) is 4.11. The van der Waals surface area contributed by atoms with Gasteiger partial charge in [-0.1, -0.05) is 37.0 Å². The van der Waals surface area contributed by atoms with Crippen LogP contribution in [-0.2, 0) is 4.79 Å². The van der Waals surface area contributed by atoms with Crippen LogP contribution in [0.1, 0.15) is 49.0 Å². The number of rotatable bonds is 8. The van der Waals surface area contributed by atoms with E-state index in [0.717, 1.165) is 38.0 Å². The van der Waals surface area contributed by atoms with E-state index in [1.807, 2.05) is 0 Å². The number of carbonyl (C=O) groups excluding carboxylic acids is 2. The van der Waals surface area contributed by atoms with Crippen LogP contribution in [0.5, 0.6) is 0 Å². The van der Waals surface area contributed by atoms with Gasteiger partial charge in [0.1, 0.15) is 6.04 Å². The monoisotopic (exact) mass is 519 g/mol. The number of nitro groups is 1. The van der Waals surface area contributed by atoms with Crippen molar-refractivity contribution in [2.75, 3.05) is 18.0 Å².